The average molecular weight is 266 g/mol. The lowest BCUT2D eigenvalue weighted by Crippen LogP contribution is -2.41. The molecule has 1 N–H and O–H groups in total. The minimum absolute atomic E-state index is 0.180. The van der Waals surface area contributed by atoms with Crippen LogP contribution in [0.4, 0.5) is 0 Å². The Labute approximate surface area is 118 Å². The molecule has 1 aliphatic heterocycles. The molecule has 1 rings (SSSR count). The van der Waals surface area contributed by atoms with E-state index in [1.807, 2.05) is 20.8 Å². The molecule has 0 spiro atoms. The number of aliphatic hydroxyl groups excluding tert-OH is 1. The summed E-state index contributed by atoms with van der Waals surface area (Å²) in [7, 11) is 0. The molecule has 0 radical (unpaired) electrons. The summed E-state index contributed by atoms with van der Waals surface area (Å²) in [6, 6.07) is 2.94. The minimum Gasteiger partial charge on any atom is -0.393 e. The van der Waals surface area contributed by atoms with Crippen molar-refractivity contribution < 1.29 is 5.11 Å². The Morgan fingerprint density at radius 3 is 2.74 bits per heavy atom. The van der Waals surface area contributed by atoms with Gasteiger partial charge < -0.3 is 10.0 Å². The van der Waals surface area contributed by atoms with E-state index in [1.165, 1.54) is 32.2 Å². The van der Waals surface area contributed by atoms with E-state index in [4.69, 9.17) is 5.26 Å². The highest BCUT2D eigenvalue weighted by molar-refractivity contribution is 4.91. The van der Waals surface area contributed by atoms with Crippen LogP contribution in [-0.2, 0) is 0 Å². The van der Waals surface area contributed by atoms with E-state index in [2.05, 4.69) is 11.0 Å². The number of unbranched alkanes of at least 4 members (excludes halogenated alkanes) is 1. The molecule has 2 unspecified atom stereocenters. The highest BCUT2D eigenvalue weighted by Crippen LogP contribution is 2.24. The first kappa shape index (κ1) is 16.5. The van der Waals surface area contributed by atoms with Crippen molar-refractivity contribution in [3.63, 3.8) is 0 Å². The smallest absolute Gasteiger partial charge is 0.0683 e. The minimum atomic E-state index is -0.192. The molecule has 1 aliphatic rings. The van der Waals surface area contributed by atoms with Gasteiger partial charge in [-0.25, -0.2) is 0 Å². The maximum Gasteiger partial charge on any atom is 0.0683 e. The van der Waals surface area contributed by atoms with Crippen molar-refractivity contribution in [2.24, 2.45) is 5.41 Å². The van der Waals surface area contributed by atoms with Gasteiger partial charge in [-0.05, 0) is 66.0 Å². The second-order valence-electron chi connectivity index (χ2n) is 6.72. The predicted molar refractivity (Wildman–Crippen MR) is 78.8 cm³/mol. The molecule has 0 bridgehead atoms. The standard InChI is InChI=1S/C16H30N2O/c1-14(19)12-15-8-4-6-10-18(15)11-7-5-9-16(2,3)13-17/h14-15,19H,4-12H2,1-3H3. The van der Waals surface area contributed by atoms with Crippen molar-refractivity contribution in [1.29, 1.82) is 5.26 Å². The third-order valence-corrected chi connectivity index (χ3v) is 4.16. The summed E-state index contributed by atoms with van der Waals surface area (Å²) in [6.45, 7) is 8.23. The average Bonchev–Trinajstić information content (AvgIpc) is 2.36. The van der Waals surface area contributed by atoms with Gasteiger partial charge in [0, 0.05) is 6.04 Å². The van der Waals surface area contributed by atoms with E-state index in [0.717, 1.165) is 25.8 Å². The number of piperidine rings is 1. The van der Waals surface area contributed by atoms with Crippen LogP contribution in [0.2, 0.25) is 0 Å². The maximum atomic E-state index is 9.57. The van der Waals surface area contributed by atoms with Crippen LogP contribution in [0.25, 0.3) is 0 Å². The van der Waals surface area contributed by atoms with Crippen LogP contribution in [0.5, 0.6) is 0 Å². The van der Waals surface area contributed by atoms with Gasteiger partial charge in [0.05, 0.1) is 17.6 Å². The highest BCUT2D eigenvalue weighted by Gasteiger charge is 2.23. The largest absolute Gasteiger partial charge is 0.393 e. The van der Waals surface area contributed by atoms with Gasteiger partial charge in [0.2, 0.25) is 0 Å². The van der Waals surface area contributed by atoms with Crippen LogP contribution < -0.4 is 0 Å². The van der Waals surface area contributed by atoms with Crippen molar-refractivity contribution in [3.05, 3.63) is 0 Å². The van der Waals surface area contributed by atoms with Gasteiger partial charge in [-0.15, -0.1) is 0 Å². The Morgan fingerprint density at radius 2 is 2.11 bits per heavy atom. The second kappa shape index (κ2) is 7.87. The summed E-state index contributed by atoms with van der Waals surface area (Å²) >= 11 is 0. The molecule has 3 heteroatoms. The zero-order valence-electron chi connectivity index (χ0n) is 12.9. The molecular formula is C16H30N2O. The first-order chi connectivity index (χ1) is 8.94. The molecule has 0 aromatic heterocycles. The molecule has 0 aliphatic carbocycles. The van der Waals surface area contributed by atoms with Gasteiger partial charge in [0.15, 0.2) is 0 Å². The monoisotopic (exact) mass is 266 g/mol. The van der Waals surface area contributed by atoms with E-state index in [-0.39, 0.29) is 11.5 Å². The fraction of sp³-hybridized carbons (Fsp3) is 0.938. The molecule has 0 aromatic rings. The van der Waals surface area contributed by atoms with Crippen molar-refractivity contribution in [1.82, 2.24) is 4.90 Å². The summed E-state index contributed by atoms with van der Waals surface area (Å²) in [4.78, 5) is 2.55. The summed E-state index contributed by atoms with van der Waals surface area (Å²) in [6.07, 6.45) is 7.81. The number of hydrogen-bond donors (Lipinski definition) is 1. The molecular weight excluding hydrogens is 236 g/mol. The fourth-order valence-electron chi connectivity index (χ4n) is 2.95. The van der Waals surface area contributed by atoms with Crippen molar-refractivity contribution in [2.45, 2.75) is 77.9 Å². The van der Waals surface area contributed by atoms with Crippen LogP contribution in [0.3, 0.4) is 0 Å². The van der Waals surface area contributed by atoms with E-state index in [0.29, 0.717) is 6.04 Å². The van der Waals surface area contributed by atoms with E-state index >= 15 is 0 Å². The molecule has 19 heavy (non-hydrogen) atoms. The molecule has 1 fully saturated rings. The fourth-order valence-corrected chi connectivity index (χ4v) is 2.95. The molecule has 2 atom stereocenters. The van der Waals surface area contributed by atoms with Gasteiger partial charge in [0.25, 0.3) is 0 Å². The topological polar surface area (TPSA) is 47.3 Å². The normalized spacial score (nSPS) is 23.0. The third-order valence-electron chi connectivity index (χ3n) is 4.16. The quantitative estimate of drug-likeness (QED) is 0.719. The highest BCUT2D eigenvalue weighted by atomic mass is 16.3. The lowest BCUT2D eigenvalue weighted by molar-refractivity contribution is 0.0852. The lowest BCUT2D eigenvalue weighted by Gasteiger charge is -2.36. The summed E-state index contributed by atoms with van der Waals surface area (Å²) in [5, 5.41) is 18.6. The number of nitriles is 1. The van der Waals surface area contributed by atoms with Gasteiger partial charge in [-0.2, -0.15) is 5.26 Å². The van der Waals surface area contributed by atoms with Gasteiger partial charge in [0.1, 0.15) is 0 Å². The molecule has 1 heterocycles. The zero-order valence-corrected chi connectivity index (χ0v) is 12.9. The molecule has 0 saturated carbocycles. The van der Waals surface area contributed by atoms with Crippen molar-refractivity contribution in [3.8, 4) is 6.07 Å². The lowest BCUT2D eigenvalue weighted by atomic mass is 9.89. The number of hydrogen-bond acceptors (Lipinski definition) is 3. The Balaban J connectivity index is 2.28. The Bertz CT molecular complexity index is 294. The van der Waals surface area contributed by atoms with Crippen LogP contribution in [0.15, 0.2) is 0 Å². The molecule has 1 saturated heterocycles. The van der Waals surface area contributed by atoms with Gasteiger partial charge >= 0.3 is 0 Å². The molecule has 3 nitrogen and oxygen atoms in total. The number of aliphatic hydroxyl groups is 1. The Kier molecular flexibility index (Phi) is 6.82. The molecule has 0 amide bonds. The summed E-state index contributed by atoms with van der Waals surface area (Å²) in [5.41, 5.74) is -0.180. The summed E-state index contributed by atoms with van der Waals surface area (Å²) < 4.78 is 0. The number of nitrogens with zero attached hydrogens (tertiary/aromatic N) is 2. The van der Waals surface area contributed by atoms with Crippen LogP contribution >= 0.6 is 0 Å². The Hall–Kier alpha value is -0.590. The van der Waals surface area contributed by atoms with Crippen molar-refractivity contribution in [2.75, 3.05) is 13.1 Å². The first-order valence-electron chi connectivity index (χ1n) is 7.78. The van der Waals surface area contributed by atoms with Crippen LogP contribution in [0.1, 0.15) is 65.7 Å². The zero-order chi connectivity index (χ0) is 14.3. The van der Waals surface area contributed by atoms with E-state index in [9.17, 15) is 5.11 Å². The second-order valence-corrected chi connectivity index (χ2v) is 6.72. The first-order valence-corrected chi connectivity index (χ1v) is 7.78. The molecule has 0 aromatic carbocycles. The Morgan fingerprint density at radius 1 is 1.37 bits per heavy atom. The van der Waals surface area contributed by atoms with E-state index < -0.39 is 0 Å². The van der Waals surface area contributed by atoms with Crippen LogP contribution in [-0.4, -0.2) is 35.2 Å². The third kappa shape index (κ3) is 6.40. The number of likely N-dealkylation sites (tertiary alicyclic amines) is 1. The summed E-state index contributed by atoms with van der Waals surface area (Å²) in [5.74, 6) is 0. The van der Waals surface area contributed by atoms with E-state index in [1.54, 1.807) is 0 Å². The molecule has 110 valence electrons. The van der Waals surface area contributed by atoms with Gasteiger partial charge in [-0.3, -0.25) is 0 Å². The number of rotatable bonds is 7. The van der Waals surface area contributed by atoms with Gasteiger partial charge in [-0.1, -0.05) is 12.8 Å². The maximum absolute atomic E-state index is 9.57. The van der Waals surface area contributed by atoms with Crippen LogP contribution in [0, 0.1) is 16.7 Å². The predicted octanol–water partition coefficient (Wildman–Crippen LogP) is 3.33. The van der Waals surface area contributed by atoms with Crippen molar-refractivity contribution >= 4 is 0 Å². The SMILES string of the molecule is CC(O)CC1CCCCN1CCCCC(C)(C)C#N.